The minimum absolute atomic E-state index is 0.212. The molecule has 0 radical (unpaired) electrons. The van der Waals surface area contributed by atoms with Gasteiger partial charge >= 0.3 is 0 Å². The number of hydrogen-bond donors (Lipinski definition) is 0. The average Bonchev–Trinajstić information content (AvgIpc) is 3.09. The number of aryl methyl sites for hydroxylation is 1. The molecule has 3 heterocycles. The lowest BCUT2D eigenvalue weighted by Crippen LogP contribution is -2.44. The molecule has 26 heavy (non-hydrogen) atoms. The van der Waals surface area contributed by atoms with Gasteiger partial charge in [-0.1, -0.05) is 27.7 Å². The third-order valence-corrected chi connectivity index (χ3v) is 4.86. The second-order valence-corrected chi connectivity index (χ2v) is 8.07. The van der Waals surface area contributed by atoms with Crippen LogP contribution >= 0.6 is 0 Å². The summed E-state index contributed by atoms with van der Waals surface area (Å²) in [5, 5.41) is 4.43. The fourth-order valence-corrected chi connectivity index (χ4v) is 3.63. The number of rotatable bonds is 4. The second kappa shape index (κ2) is 7.56. The summed E-state index contributed by atoms with van der Waals surface area (Å²) in [7, 11) is 0. The maximum Gasteiger partial charge on any atom is 0.227 e. The van der Waals surface area contributed by atoms with Crippen molar-refractivity contribution in [3.05, 3.63) is 30.4 Å². The molecule has 2 aromatic rings. The zero-order chi connectivity index (χ0) is 18.7. The first-order chi connectivity index (χ1) is 12.4. The molecular formula is C20H29N5O. The van der Waals surface area contributed by atoms with Crippen LogP contribution in [-0.2, 0) is 11.3 Å². The summed E-state index contributed by atoms with van der Waals surface area (Å²) in [6.07, 6.45) is 8.35. The highest BCUT2D eigenvalue weighted by atomic mass is 16.2. The van der Waals surface area contributed by atoms with Gasteiger partial charge in [-0.15, -0.1) is 0 Å². The van der Waals surface area contributed by atoms with Crippen LogP contribution in [0.1, 0.15) is 58.6 Å². The number of piperidine rings is 1. The van der Waals surface area contributed by atoms with Crippen molar-refractivity contribution in [3.8, 4) is 11.4 Å². The standard InChI is InChI=1S/C20H29N5O/c1-5-12-25-16(8-9-23-25)18-17(21-10-11-22-18)15-7-6-13-24(14-15)19(26)20(2,3)4/h8-11,15H,5-7,12-14H2,1-4H3/t15-/m0/s1. The van der Waals surface area contributed by atoms with E-state index < -0.39 is 0 Å². The SMILES string of the molecule is CCCn1nccc1-c1nccnc1[C@H]1CCCN(C(=O)C(C)(C)C)C1. The predicted octanol–water partition coefficient (Wildman–Crippen LogP) is 3.50. The van der Waals surface area contributed by atoms with Gasteiger partial charge in [-0.3, -0.25) is 19.4 Å². The molecule has 1 fully saturated rings. The highest BCUT2D eigenvalue weighted by Gasteiger charge is 2.33. The average molecular weight is 355 g/mol. The van der Waals surface area contributed by atoms with E-state index in [-0.39, 0.29) is 17.2 Å². The van der Waals surface area contributed by atoms with E-state index in [9.17, 15) is 4.79 Å². The van der Waals surface area contributed by atoms with Crippen molar-refractivity contribution in [2.24, 2.45) is 5.41 Å². The summed E-state index contributed by atoms with van der Waals surface area (Å²) in [6.45, 7) is 10.5. The Morgan fingerprint density at radius 2 is 2.00 bits per heavy atom. The molecule has 0 bridgehead atoms. The van der Waals surface area contributed by atoms with Gasteiger partial charge in [-0.05, 0) is 25.3 Å². The number of nitrogens with zero attached hydrogens (tertiary/aromatic N) is 5. The van der Waals surface area contributed by atoms with Gasteiger partial charge in [0, 0.05) is 49.6 Å². The van der Waals surface area contributed by atoms with Crippen LogP contribution in [0.3, 0.4) is 0 Å². The van der Waals surface area contributed by atoms with E-state index in [4.69, 9.17) is 0 Å². The number of amides is 1. The summed E-state index contributed by atoms with van der Waals surface area (Å²) >= 11 is 0. The molecule has 0 N–H and O–H groups in total. The van der Waals surface area contributed by atoms with Crippen LogP contribution in [0, 0.1) is 5.41 Å². The van der Waals surface area contributed by atoms with Crippen molar-refractivity contribution in [2.75, 3.05) is 13.1 Å². The summed E-state index contributed by atoms with van der Waals surface area (Å²) in [4.78, 5) is 24.0. The first-order valence-electron chi connectivity index (χ1n) is 9.54. The van der Waals surface area contributed by atoms with Gasteiger partial charge in [0.1, 0.15) is 5.69 Å². The summed E-state index contributed by atoms with van der Waals surface area (Å²) in [5.41, 5.74) is 2.53. The number of aromatic nitrogens is 4. The Morgan fingerprint density at radius 1 is 1.23 bits per heavy atom. The fourth-order valence-electron chi connectivity index (χ4n) is 3.63. The van der Waals surface area contributed by atoms with Gasteiger partial charge in [0.15, 0.2) is 0 Å². The van der Waals surface area contributed by atoms with Crippen molar-refractivity contribution < 1.29 is 4.79 Å². The van der Waals surface area contributed by atoms with Crippen LogP contribution in [0.5, 0.6) is 0 Å². The molecule has 1 aliphatic rings. The van der Waals surface area contributed by atoms with Gasteiger partial charge in [-0.2, -0.15) is 5.10 Å². The lowest BCUT2D eigenvalue weighted by Gasteiger charge is -2.36. The number of hydrogen-bond acceptors (Lipinski definition) is 4. The molecule has 6 nitrogen and oxygen atoms in total. The Kier molecular flexibility index (Phi) is 5.39. The Hall–Kier alpha value is -2.24. The van der Waals surface area contributed by atoms with E-state index >= 15 is 0 Å². The van der Waals surface area contributed by atoms with Crippen LogP contribution in [0.25, 0.3) is 11.4 Å². The van der Waals surface area contributed by atoms with E-state index in [2.05, 4.69) is 22.0 Å². The van der Waals surface area contributed by atoms with Crippen molar-refractivity contribution in [2.45, 2.75) is 59.4 Å². The van der Waals surface area contributed by atoms with Gasteiger partial charge in [-0.25, -0.2) is 0 Å². The van der Waals surface area contributed by atoms with Crippen molar-refractivity contribution in [1.29, 1.82) is 0 Å². The molecule has 1 saturated heterocycles. The van der Waals surface area contributed by atoms with Crippen LogP contribution in [0.4, 0.5) is 0 Å². The first-order valence-corrected chi connectivity index (χ1v) is 9.54. The molecule has 140 valence electrons. The Balaban J connectivity index is 1.90. The van der Waals surface area contributed by atoms with E-state index in [1.807, 2.05) is 42.6 Å². The molecule has 2 aromatic heterocycles. The minimum Gasteiger partial charge on any atom is -0.342 e. The molecule has 3 rings (SSSR count). The van der Waals surface area contributed by atoms with E-state index in [0.717, 1.165) is 49.4 Å². The zero-order valence-corrected chi connectivity index (χ0v) is 16.3. The third kappa shape index (κ3) is 3.79. The first kappa shape index (κ1) is 18.5. The van der Waals surface area contributed by atoms with E-state index in [1.165, 1.54) is 0 Å². The molecule has 1 aliphatic heterocycles. The fraction of sp³-hybridized carbons (Fsp3) is 0.600. The van der Waals surface area contributed by atoms with Gasteiger partial charge in [0.05, 0.1) is 11.4 Å². The monoisotopic (exact) mass is 355 g/mol. The summed E-state index contributed by atoms with van der Waals surface area (Å²) in [6, 6.07) is 2.00. The molecule has 0 unspecified atom stereocenters. The van der Waals surface area contributed by atoms with Crippen LogP contribution in [-0.4, -0.2) is 43.6 Å². The second-order valence-electron chi connectivity index (χ2n) is 8.07. The van der Waals surface area contributed by atoms with Gasteiger partial charge in [0.2, 0.25) is 5.91 Å². The summed E-state index contributed by atoms with van der Waals surface area (Å²) < 4.78 is 1.99. The lowest BCUT2D eigenvalue weighted by atomic mass is 9.89. The number of likely N-dealkylation sites (tertiary alicyclic amines) is 1. The number of carbonyl (C=O) groups excluding carboxylic acids is 1. The van der Waals surface area contributed by atoms with Crippen molar-refractivity contribution in [1.82, 2.24) is 24.6 Å². The Bertz CT molecular complexity index is 762. The van der Waals surface area contributed by atoms with Crippen LogP contribution < -0.4 is 0 Å². The molecule has 1 amide bonds. The highest BCUT2D eigenvalue weighted by molar-refractivity contribution is 5.81. The largest absolute Gasteiger partial charge is 0.342 e. The topological polar surface area (TPSA) is 63.9 Å². The van der Waals surface area contributed by atoms with E-state index in [0.29, 0.717) is 6.54 Å². The summed E-state index contributed by atoms with van der Waals surface area (Å²) in [5.74, 6) is 0.424. The van der Waals surface area contributed by atoms with Crippen LogP contribution in [0.2, 0.25) is 0 Å². The highest BCUT2D eigenvalue weighted by Crippen LogP contribution is 2.33. The van der Waals surface area contributed by atoms with Crippen molar-refractivity contribution >= 4 is 5.91 Å². The Labute approximate surface area is 155 Å². The molecule has 0 aromatic carbocycles. The quantitative estimate of drug-likeness (QED) is 0.842. The lowest BCUT2D eigenvalue weighted by molar-refractivity contribution is -0.140. The Morgan fingerprint density at radius 3 is 2.73 bits per heavy atom. The van der Waals surface area contributed by atoms with Crippen molar-refractivity contribution in [3.63, 3.8) is 0 Å². The minimum atomic E-state index is -0.354. The van der Waals surface area contributed by atoms with E-state index in [1.54, 1.807) is 12.4 Å². The van der Waals surface area contributed by atoms with Gasteiger partial charge in [0.25, 0.3) is 0 Å². The maximum absolute atomic E-state index is 12.7. The zero-order valence-electron chi connectivity index (χ0n) is 16.3. The number of carbonyl (C=O) groups is 1. The molecule has 6 heteroatoms. The maximum atomic E-state index is 12.7. The predicted molar refractivity (Wildman–Crippen MR) is 102 cm³/mol. The van der Waals surface area contributed by atoms with Crippen LogP contribution in [0.15, 0.2) is 24.7 Å². The normalized spacial score (nSPS) is 18.2. The third-order valence-electron chi connectivity index (χ3n) is 4.86. The molecule has 0 aliphatic carbocycles. The molecule has 1 atom stereocenters. The van der Waals surface area contributed by atoms with Gasteiger partial charge < -0.3 is 4.90 Å². The molecule has 0 saturated carbocycles. The molecule has 0 spiro atoms. The molecular weight excluding hydrogens is 326 g/mol. The smallest absolute Gasteiger partial charge is 0.227 e.